The largest absolute Gasteiger partial charge is 0.377 e. The molecule has 1 aromatic heterocycles. The van der Waals surface area contributed by atoms with E-state index in [0.717, 1.165) is 18.9 Å². The molecule has 1 aliphatic rings. The zero-order valence-electron chi connectivity index (χ0n) is 8.45. The van der Waals surface area contributed by atoms with E-state index >= 15 is 0 Å². The van der Waals surface area contributed by atoms with Gasteiger partial charge >= 0.3 is 0 Å². The molecule has 3 nitrogen and oxygen atoms in total. The normalized spacial score (nSPS) is 17.8. The van der Waals surface area contributed by atoms with Crippen molar-refractivity contribution in [3.63, 3.8) is 0 Å². The third-order valence-corrected chi connectivity index (χ3v) is 2.57. The summed E-state index contributed by atoms with van der Waals surface area (Å²) in [6.07, 6.45) is 2.16. The third-order valence-electron chi connectivity index (χ3n) is 2.57. The fraction of sp³-hybridized carbons (Fsp3) is 0.700. The molecule has 1 aliphatic heterocycles. The van der Waals surface area contributed by atoms with Crippen LogP contribution in [0.3, 0.4) is 0 Å². The van der Waals surface area contributed by atoms with Crippen LogP contribution in [0.15, 0.2) is 6.20 Å². The second-order valence-electron chi connectivity index (χ2n) is 4.00. The van der Waals surface area contributed by atoms with Crippen molar-refractivity contribution in [1.29, 1.82) is 0 Å². The van der Waals surface area contributed by atoms with Gasteiger partial charge in [0.1, 0.15) is 0 Å². The number of hydrogen-bond donors (Lipinski definition) is 0. The molecule has 0 N–H and O–H groups in total. The lowest BCUT2D eigenvalue weighted by Gasteiger charge is -2.26. The number of nitrogens with zero attached hydrogens (tertiary/aromatic N) is 2. The van der Waals surface area contributed by atoms with Crippen molar-refractivity contribution < 1.29 is 4.74 Å². The van der Waals surface area contributed by atoms with Crippen LogP contribution in [-0.4, -0.2) is 23.0 Å². The van der Waals surface area contributed by atoms with Crippen LogP contribution in [0.1, 0.15) is 37.1 Å². The van der Waals surface area contributed by atoms with Gasteiger partial charge in [-0.3, -0.25) is 4.68 Å². The molecule has 72 valence electrons. The second-order valence-corrected chi connectivity index (χ2v) is 4.00. The smallest absolute Gasteiger partial charge is 0.0985 e. The van der Waals surface area contributed by atoms with Crippen LogP contribution in [0.2, 0.25) is 0 Å². The van der Waals surface area contributed by atoms with Gasteiger partial charge in [-0.25, -0.2) is 0 Å². The van der Waals surface area contributed by atoms with Crippen LogP contribution in [0.5, 0.6) is 0 Å². The molecule has 1 aromatic rings. The van der Waals surface area contributed by atoms with E-state index in [1.54, 1.807) is 0 Å². The molecule has 0 spiro atoms. The molecule has 0 radical (unpaired) electrons. The Balaban J connectivity index is 2.23. The number of aromatic nitrogens is 2. The summed E-state index contributed by atoms with van der Waals surface area (Å²) in [4.78, 5) is 0. The van der Waals surface area contributed by atoms with Crippen molar-refractivity contribution in [3.8, 4) is 0 Å². The number of ether oxygens (including phenoxy) is 1. The summed E-state index contributed by atoms with van der Waals surface area (Å²) in [6, 6.07) is 0.478. The molecule has 1 saturated heterocycles. The van der Waals surface area contributed by atoms with E-state index in [2.05, 4.69) is 32.1 Å². The Morgan fingerprint density at radius 2 is 2.23 bits per heavy atom. The lowest BCUT2D eigenvalue weighted by molar-refractivity contribution is -0.0287. The monoisotopic (exact) mass is 180 g/mol. The molecule has 0 amide bonds. The molecule has 0 saturated carbocycles. The van der Waals surface area contributed by atoms with Crippen LogP contribution < -0.4 is 0 Å². The van der Waals surface area contributed by atoms with Crippen LogP contribution >= 0.6 is 0 Å². The van der Waals surface area contributed by atoms with Gasteiger partial charge in [0.25, 0.3) is 0 Å². The zero-order valence-corrected chi connectivity index (χ0v) is 8.45. The van der Waals surface area contributed by atoms with Gasteiger partial charge in [-0.1, -0.05) is 13.8 Å². The number of aryl methyl sites for hydroxylation is 1. The molecule has 0 atom stereocenters. The number of hydrogen-bond acceptors (Lipinski definition) is 2. The molecule has 0 aliphatic carbocycles. The van der Waals surface area contributed by atoms with Crippen LogP contribution in [-0.2, 0) is 4.74 Å². The van der Waals surface area contributed by atoms with Gasteiger partial charge < -0.3 is 4.74 Å². The van der Waals surface area contributed by atoms with Gasteiger partial charge in [0, 0.05) is 6.20 Å². The molecule has 0 aromatic carbocycles. The summed E-state index contributed by atoms with van der Waals surface area (Å²) in [5.74, 6) is 0.565. The highest BCUT2D eigenvalue weighted by molar-refractivity contribution is 5.19. The first-order valence-electron chi connectivity index (χ1n) is 4.82. The third kappa shape index (κ3) is 1.48. The fourth-order valence-corrected chi connectivity index (χ4v) is 1.63. The van der Waals surface area contributed by atoms with E-state index < -0.39 is 0 Å². The molecule has 0 unspecified atom stereocenters. The maximum atomic E-state index is 5.14. The topological polar surface area (TPSA) is 27.1 Å². The minimum Gasteiger partial charge on any atom is -0.377 e. The van der Waals surface area contributed by atoms with E-state index in [1.807, 2.05) is 4.68 Å². The minimum atomic E-state index is 0.478. The second kappa shape index (κ2) is 3.14. The highest BCUT2D eigenvalue weighted by atomic mass is 16.5. The Labute approximate surface area is 78.7 Å². The van der Waals surface area contributed by atoms with Crippen LogP contribution in [0, 0.1) is 6.92 Å². The van der Waals surface area contributed by atoms with Gasteiger partial charge in [-0.15, -0.1) is 0 Å². The minimum absolute atomic E-state index is 0.478. The number of rotatable bonds is 2. The predicted molar refractivity (Wildman–Crippen MR) is 50.9 cm³/mol. The molecule has 3 heteroatoms. The molecule has 1 fully saturated rings. The summed E-state index contributed by atoms with van der Waals surface area (Å²) in [7, 11) is 0. The Morgan fingerprint density at radius 3 is 2.62 bits per heavy atom. The first-order valence-corrected chi connectivity index (χ1v) is 4.82. The van der Waals surface area contributed by atoms with Crippen LogP contribution in [0.25, 0.3) is 0 Å². The highest BCUT2D eigenvalue weighted by Gasteiger charge is 2.22. The molecular weight excluding hydrogens is 164 g/mol. The maximum Gasteiger partial charge on any atom is 0.0985 e. The lowest BCUT2D eigenvalue weighted by atomic mass is 10.1. The summed E-state index contributed by atoms with van der Waals surface area (Å²) in [6.45, 7) is 8.11. The summed E-state index contributed by atoms with van der Waals surface area (Å²) in [5, 5.41) is 4.49. The maximum absolute atomic E-state index is 5.14. The average molecular weight is 180 g/mol. The molecular formula is C10H16N2O. The van der Waals surface area contributed by atoms with Gasteiger partial charge in [-0.2, -0.15) is 5.10 Å². The summed E-state index contributed by atoms with van der Waals surface area (Å²) < 4.78 is 7.19. The van der Waals surface area contributed by atoms with Crippen molar-refractivity contribution in [1.82, 2.24) is 9.78 Å². The molecule has 2 heterocycles. The SMILES string of the molecule is Cc1nn(C2COC2)cc1C(C)C. The van der Waals surface area contributed by atoms with Gasteiger partial charge in [0.2, 0.25) is 0 Å². The standard InChI is InChI=1S/C10H16N2O/c1-7(2)10-4-12(11-8(10)3)9-5-13-6-9/h4,7,9H,5-6H2,1-3H3. The average Bonchev–Trinajstić information content (AvgIpc) is 2.27. The van der Waals surface area contributed by atoms with Gasteiger partial charge in [0.15, 0.2) is 0 Å². The van der Waals surface area contributed by atoms with E-state index in [1.165, 1.54) is 5.56 Å². The van der Waals surface area contributed by atoms with E-state index in [0.29, 0.717) is 12.0 Å². The Morgan fingerprint density at radius 1 is 1.54 bits per heavy atom. The van der Waals surface area contributed by atoms with Gasteiger partial charge in [0.05, 0.1) is 24.9 Å². The van der Waals surface area contributed by atoms with Crippen molar-refractivity contribution in [2.24, 2.45) is 0 Å². The van der Waals surface area contributed by atoms with E-state index in [9.17, 15) is 0 Å². The predicted octanol–water partition coefficient (Wildman–Crippen LogP) is 1.89. The van der Waals surface area contributed by atoms with Crippen molar-refractivity contribution in [2.45, 2.75) is 32.7 Å². The van der Waals surface area contributed by atoms with Crippen molar-refractivity contribution in [3.05, 3.63) is 17.5 Å². The first-order chi connectivity index (χ1) is 6.18. The Bertz CT molecular complexity index is 300. The molecule has 13 heavy (non-hydrogen) atoms. The van der Waals surface area contributed by atoms with Gasteiger partial charge in [-0.05, 0) is 18.4 Å². The quantitative estimate of drug-likeness (QED) is 0.695. The summed E-state index contributed by atoms with van der Waals surface area (Å²) in [5.41, 5.74) is 2.51. The van der Waals surface area contributed by atoms with Crippen molar-refractivity contribution >= 4 is 0 Å². The lowest BCUT2D eigenvalue weighted by Crippen LogP contribution is -2.30. The Hall–Kier alpha value is -0.830. The highest BCUT2D eigenvalue weighted by Crippen LogP contribution is 2.22. The van der Waals surface area contributed by atoms with Crippen molar-refractivity contribution in [2.75, 3.05) is 13.2 Å². The fourth-order valence-electron chi connectivity index (χ4n) is 1.63. The van der Waals surface area contributed by atoms with E-state index in [4.69, 9.17) is 4.74 Å². The van der Waals surface area contributed by atoms with E-state index in [-0.39, 0.29) is 0 Å². The zero-order chi connectivity index (χ0) is 9.42. The first kappa shape index (κ1) is 8.75. The van der Waals surface area contributed by atoms with Crippen LogP contribution in [0.4, 0.5) is 0 Å². The molecule has 2 rings (SSSR count). The molecule has 0 bridgehead atoms. The summed E-state index contributed by atoms with van der Waals surface area (Å²) >= 11 is 0. The Kier molecular flexibility index (Phi) is 2.12.